The molecule has 0 heterocycles. The maximum absolute atomic E-state index is 15.4. The van der Waals surface area contributed by atoms with Gasteiger partial charge in [-0.15, -0.1) is 0 Å². The third kappa shape index (κ3) is 6.71. The van der Waals surface area contributed by atoms with Gasteiger partial charge >= 0.3 is 0 Å². The lowest BCUT2D eigenvalue weighted by molar-refractivity contribution is 0.156. The SMILES string of the molecule is CCCCOc1ccc(-c2ccc(-c3ccc(C4CCC(C5CCC(CCC)CC5)CC4)c(F)c3F)cc2)c(F)c1F. The molecule has 0 atom stereocenters. The van der Waals surface area contributed by atoms with Gasteiger partial charge in [0.05, 0.1) is 6.61 Å². The van der Waals surface area contributed by atoms with Crippen LogP contribution >= 0.6 is 0 Å². The van der Waals surface area contributed by atoms with Crippen LogP contribution in [0.4, 0.5) is 17.6 Å². The van der Waals surface area contributed by atoms with Crippen molar-refractivity contribution in [3.63, 3.8) is 0 Å². The molecule has 0 N–H and O–H groups in total. The molecule has 0 saturated heterocycles. The summed E-state index contributed by atoms with van der Waals surface area (Å²) in [5.74, 6) is -1.25. The van der Waals surface area contributed by atoms with E-state index in [1.54, 1.807) is 36.4 Å². The molecule has 3 aromatic carbocycles. The Morgan fingerprint density at radius 1 is 0.595 bits per heavy atom. The Morgan fingerprint density at radius 2 is 1.14 bits per heavy atom. The van der Waals surface area contributed by atoms with E-state index in [-0.39, 0.29) is 22.8 Å². The molecule has 0 radical (unpaired) electrons. The standard InChI is InChI=1S/C37H44F4O/c1-3-5-23-42-33-22-21-32(36(40)37(33)41)29-17-15-28(16-18-29)31-20-19-30(34(38)35(31)39)27-13-11-26(12-14-27)25-9-7-24(6-4-2)8-10-25/h15-22,24-27H,3-14,23H2,1-2H3. The molecule has 3 aromatic rings. The zero-order chi connectivity index (χ0) is 29.6. The number of rotatable bonds is 10. The molecule has 5 rings (SSSR count). The van der Waals surface area contributed by atoms with Crippen LogP contribution in [0.15, 0.2) is 48.5 Å². The van der Waals surface area contributed by atoms with E-state index in [0.717, 1.165) is 56.3 Å². The number of benzene rings is 3. The van der Waals surface area contributed by atoms with Gasteiger partial charge in [0.2, 0.25) is 5.82 Å². The topological polar surface area (TPSA) is 9.23 Å². The van der Waals surface area contributed by atoms with Crippen LogP contribution in [0.25, 0.3) is 22.3 Å². The molecule has 42 heavy (non-hydrogen) atoms. The minimum absolute atomic E-state index is 0.0513. The Kier molecular flexibility index (Phi) is 10.3. The average Bonchev–Trinajstić information content (AvgIpc) is 3.02. The van der Waals surface area contributed by atoms with E-state index in [1.807, 2.05) is 6.92 Å². The number of hydrogen-bond acceptors (Lipinski definition) is 1. The molecule has 2 saturated carbocycles. The van der Waals surface area contributed by atoms with E-state index in [2.05, 4.69) is 6.92 Å². The number of halogens is 4. The summed E-state index contributed by atoms with van der Waals surface area (Å²) in [6.45, 7) is 4.59. The average molecular weight is 581 g/mol. The molecule has 2 aliphatic rings. The van der Waals surface area contributed by atoms with Crippen LogP contribution in [0.2, 0.25) is 0 Å². The van der Waals surface area contributed by atoms with Gasteiger partial charge < -0.3 is 4.74 Å². The zero-order valence-corrected chi connectivity index (χ0v) is 25.0. The molecular weight excluding hydrogens is 536 g/mol. The van der Waals surface area contributed by atoms with Crippen molar-refractivity contribution in [1.29, 1.82) is 0 Å². The molecule has 0 spiro atoms. The Bertz CT molecular complexity index is 1320. The second-order valence-corrected chi connectivity index (χ2v) is 12.5. The van der Waals surface area contributed by atoms with E-state index in [9.17, 15) is 8.78 Å². The second kappa shape index (κ2) is 14.1. The Balaban J connectivity index is 1.24. The highest BCUT2D eigenvalue weighted by Gasteiger charge is 2.32. The molecule has 0 unspecified atom stereocenters. The summed E-state index contributed by atoms with van der Waals surface area (Å²) in [5, 5.41) is 0. The van der Waals surface area contributed by atoms with Gasteiger partial charge in [-0.25, -0.2) is 13.2 Å². The fraction of sp³-hybridized carbons (Fsp3) is 0.514. The molecule has 226 valence electrons. The molecule has 0 aliphatic heterocycles. The van der Waals surface area contributed by atoms with Gasteiger partial charge in [-0.2, -0.15) is 4.39 Å². The predicted octanol–water partition coefficient (Wildman–Crippen LogP) is 11.6. The molecule has 5 heteroatoms. The smallest absolute Gasteiger partial charge is 0.201 e. The highest BCUT2D eigenvalue weighted by Crippen LogP contribution is 2.45. The van der Waals surface area contributed by atoms with Gasteiger partial charge in [0, 0.05) is 11.1 Å². The van der Waals surface area contributed by atoms with Gasteiger partial charge in [0.15, 0.2) is 23.2 Å². The van der Waals surface area contributed by atoms with Crippen molar-refractivity contribution >= 4 is 0 Å². The minimum atomic E-state index is -1.02. The fourth-order valence-electron chi connectivity index (χ4n) is 7.38. The first-order valence-electron chi connectivity index (χ1n) is 16.1. The Labute approximate surface area is 248 Å². The van der Waals surface area contributed by atoms with Crippen molar-refractivity contribution in [3.8, 4) is 28.0 Å². The van der Waals surface area contributed by atoms with E-state index in [4.69, 9.17) is 4.74 Å². The van der Waals surface area contributed by atoms with E-state index < -0.39 is 23.3 Å². The maximum Gasteiger partial charge on any atom is 0.201 e. The largest absolute Gasteiger partial charge is 0.490 e. The summed E-state index contributed by atoms with van der Waals surface area (Å²) in [5.41, 5.74) is 1.68. The number of hydrogen-bond donors (Lipinski definition) is 0. The quantitative estimate of drug-likeness (QED) is 0.171. The number of unbranched alkanes of at least 4 members (excludes halogenated alkanes) is 1. The molecule has 0 aromatic heterocycles. The van der Waals surface area contributed by atoms with E-state index >= 15 is 8.78 Å². The van der Waals surface area contributed by atoms with Crippen LogP contribution in [0.1, 0.15) is 102 Å². The van der Waals surface area contributed by atoms with Crippen LogP contribution in [0, 0.1) is 41.0 Å². The van der Waals surface area contributed by atoms with Crippen LogP contribution < -0.4 is 4.74 Å². The van der Waals surface area contributed by atoms with Crippen LogP contribution in [-0.2, 0) is 0 Å². The molecular formula is C37H44F4O. The summed E-state index contributed by atoms with van der Waals surface area (Å²) in [4.78, 5) is 0. The molecule has 0 amide bonds. The first kappa shape index (κ1) is 30.6. The first-order valence-corrected chi connectivity index (χ1v) is 16.1. The van der Waals surface area contributed by atoms with Crippen LogP contribution in [0.5, 0.6) is 5.75 Å². The first-order chi connectivity index (χ1) is 20.4. The number of ether oxygens (including phenoxy) is 1. The van der Waals surface area contributed by atoms with Crippen molar-refractivity contribution in [1.82, 2.24) is 0 Å². The normalized spacial score (nSPS) is 22.7. The Hall–Kier alpha value is -2.82. The molecule has 2 fully saturated rings. The summed E-state index contributed by atoms with van der Waals surface area (Å²) >= 11 is 0. The lowest BCUT2D eigenvalue weighted by atomic mass is 9.68. The van der Waals surface area contributed by atoms with Gasteiger partial charge in [0.25, 0.3) is 0 Å². The Morgan fingerprint density at radius 3 is 1.71 bits per heavy atom. The summed E-state index contributed by atoms with van der Waals surface area (Å²) in [6, 6.07) is 12.8. The van der Waals surface area contributed by atoms with Crippen molar-refractivity contribution in [2.45, 2.75) is 96.8 Å². The van der Waals surface area contributed by atoms with Gasteiger partial charge in [-0.3, -0.25) is 0 Å². The minimum Gasteiger partial charge on any atom is -0.490 e. The highest BCUT2D eigenvalue weighted by molar-refractivity contribution is 5.72. The van der Waals surface area contributed by atoms with Crippen LogP contribution in [-0.4, -0.2) is 6.61 Å². The van der Waals surface area contributed by atoms with Gasteiger partial charge in [-0.05, 0) is 97.4 Å². The lowest BCUT2D eigenvalue weighted by Crippen LogP contribution is -2.25. The van der Waals surface area contributed by atoms with Crippen molar-refractivity contribution in [2.75, 3.05) is 6.61 Å². The zero-order valence-electron chi connectivity index (χ0n) is 25.0. The highest BCUT2D eigenvalue weighted by atomic mass is 19.2. The van der Waals surface area contributed by atoms with Gasteiger partial charge in [0.1, 0.15) is 0 Å². The third-order valence-electron chi connectivity index (χ3n) is 9.89. The lowest BCUT2D eigenvalue weighted by Gasteiger charge is -2.38. The summed E-state index contributed by atoms with van der Waals surface area (Å²) < 4.78 is 65.6. The summed E-state index contributed by atoms with van der Waals surface area (Å²) in [6.07, 6.45) is 13.7. The maximum atomic E-state index is 15.4. The predicted molar refractivity (Wildman–Crippen MR) is 163 cm³/mol. The molecule has 2 aliphatic carbocycles. The molecule has 0 bridgehead atoms. The van der Waals surface area contributed by atoms with Gasteiger partial charge in [-0.1, -0.05) is 82.3 Å². The van der Waals surface area contributed by atoms with E-state index in [1.165, 1.54) is 50.7 Å². The van der Waals surface area contributed by atoms with Crippen molar-refractivity contribution in [2.24, 2.45) is 17.8 Å². The fourth-order valence-corrected chi connectivity index (χ4v) is 7.38. The third-order valence-corrected chi connectivity index (χ3v) is 9.89. The second-order valence-electron chi connectivity index (χ2n) is 12.5. The molecule has 1 nitrogen and oxygen atoms in total. The van der Waals surface area contributed by atoms with Crippen molar-refractivity contribution < 1.29 is 22.3 Å². The van der Waals surface area contributed by atoms with Crippen LogP contribution in [0.3, 0.4) is 0 Å². The monoisotopic (exact) mass is 580 g/mol. The van der Waals surface area contributed by atoms with E-state index in [0.29, 0.717) is 23.3 Å². The summed E-state index contributed by atoms with van der Waals surface area (Å²) in [7, 11) is 0. The van der Waals surface area contributed by atoms with Crippen molar-refractivity contribution in [3.05, 3.63) is 77.4 Å².